The number of aromatic nitrogens is 1. The van der Waals surface area contributed by atoms with Crippen molar-refractivity contribution in [1.29, 1.82) is 0 Å². The third kappa shape index (κ3) is 4.18. The van der Waals surface area contributed by atoms with E-state index < -0.39 is 21.8 Å². The Morgan fingerprint density at radius 1 is 1.03 bits per heavy atom. The summed E-state index contributed by atoms with van der Waals surface area (Å²) in [5, 5.41) is 0. The Hall–Kier alpha value is -2.82. The Bertz CT molecular complexity index is 1080. The maximum atomic E-state index is 13.2. The minimum atomic E-state index is -4.57. The lowest BCUT2D eigenvalue weighted by molar-refractivity contribution is -0.137. The molecule has 1 amide bonds. The van der Waals surface area contributed by atoms with Crippen molar-refractivity contribution in [2.45, 2.75) is 30.3 Å². The Morgan fingerprint density at radius 2 is 1.71 bits per heavy atom. The van der Waals surface area contributed by atoms with Gasteiger partial charge in [-0.25, -0.2) is 13.4 Å². The second-order valence-corrected chi connectivity index (χ2v) is 9.21. The quantitative estimate of drug-likeness (QED) is 0.710. The van der Waals surface area contributed by atoms with Crippen LogP contribution in [0.1, 0.15) is 35.2 Å². The van der Waals surface area contributed by atoms with Crippen LogP contribution in [-0.4, -0.2) is 50.5 Å². The Labute approximate surface area is 177 Å². The summed E-state index contributed by atoms with van der Waals surface area (Å²) < 4.78 is 71.2. The van der Waals surface area contributed by atoms with E-state index in [2.05, 4.69) is 4.98 Å². The normalized spacial score (nSPS) is 17.1. The number of pyridine rings is 1. The fourth-order valence-electron chi connectivity index (χ4n) is 3.67. The van der Waals surface area contributed by atoms with Gasteiger partial charge in [-0.05, 0) is 49.6 Å². The van der Waals surface area contributed by atoms with Crippen LogP contribution in [0.25, 0.3) is 0 Å². The van der Waals surface area contributed by atoms with Crippen molar-refractivity contribution in [3.8, 4) is 5.88 Å². The first-order valence-electron chi connectivity index (χ1n) is 9.80. The molecule has 166 valence electrons. The van der Waals surface area contributed by atoms with Gasteiger partial charge >= 0.3 is 6.18 Å². The molecule has 4 rings (SSSR count). The number of ether oxygens (including phenoxy) is 1. The fourth-order valence-corrected chi connectivity index (χ4v) is 5.10. The molecule has 3 heterocycles. The van der Waals surface area contributed by atoms with Gasteiger partial charge in [0.15, 0.2) is 0 Å². The highest BCUT2D eigenvalue weighted by atomic mass is 32.2. The smallest absolute Gasteiger partial charge is 0.416 e. The van der Waals surface area contributed by atoms with Crippen molar-refractivity contribution in [3.05, 3.63) is 47.7 Å². The standard InChI is InChI=1S/C20H20F3N3O4S/c21-20(22,23)15-4-6-16(7-5-15)31(28,29)26-10-11-30-18-17(26)12-14(13-24-18)19(27)25-8-2-1-3-9-25/h4-7,12-13H,1-3,8-11H2. The predicted octanol–water partition coefficient (Wildman–Crippen LogP) is 3.31. The van der Waals surface area contributed by atoms with E-state index in [0.29, 0.717) is 13.1 Å². The SMILES string of the molecule is O=C(c1cnc2c(c1)N(S(=O)(=O)c1ccc(C(F)(F)F)cc1)CCO2)N1CCCCC1. The second kappa shape index (κ2) is 8.03. The first-order chi connectivity index (χ1) is 14.7. The summed E-state index contributed by atoms with van der Waals surface area (Å²) in [5.74, 6) is -0.190. The zero-order chi connectivity index (χ0) is 22.2. The molecule has 2 aromatic rings. The summed E-state index contributed by atoms with van der Waals surface area (Å²) in [4.78, 5) is 18.3. The highest BCUT2D eigenvalue weighted by Gasteiger charge is 2.34. The van der Waals surface area contributed by atoms with E-state index in [1.54, 1.807) is 4.90 Å². The van der Waals surface area contributed by atoms with Crippen LogP contribution in [0.4, 0.5) is 18.9 Å². The molecule has 0 aliphatic carbocycles. The van der Waals surface area contributed by atoms with Gasteiger partial charge in [-0.2, -0.15) is 13.2 Å². The van der Waals surface area contributed by atoms with E-state index in [1.807, 2.05) is 0 Å². The molecule has 1 aromatic carbocycles. The lowest BCUT2D eigenvalue weighted by atomic mass is 10.1. The molecule has 11 heteroatoms. The van der Waals surface area contributed by atoms with Gasteiger partial charge in [0.2, 0.25) is 5.88 Å². The van der Waals surface area contributed by atoms with Crippen LogP contribution < -0.4 is 9.04 Å². The number of carbonyl (C=O) groups is 1. The van der Waals surface area contributed by atoms with Crippen LogP contribution in [-0.2, 0) is 16.2 Å². The van der Waals surface area contributed by atoms with Crippen molar-refractivity contribution in [2.75, 3.05) is 30.5 Å². The number of anilines is 1. The highest BCUT2D eigenvalue weighted by molar-refractivity contribution is 7.92. The van der Waals surface area contributed by atoms with E-state index in [9.17, 15) is 26.4 Å². The zero-order valence-corrected chi connectivity index (χ0v) is 17.2. The number of piperidine rings is 1. The third-order valence-corrected chi connectivity index (χ3v) is 7.12. The number of rotatable bonds is 3. The minimum Gasteiger partial charge on any atom is -0.474 e. The number of alkyl halides is 3. The van der Waals surface area contributed by atoms with Gasteiger partial charge in [-0.3, -0.25) is 9.10 Å². The number of carbonyl (C=O) groups excluding carboxylic acids is 1. The molecule has 31 heavy (non-hydrogen) atoms. The molecule has 2 aliphatic heterocycles. The van der Waals surface area contributed by atoms with Crippen LogP contribution in [0.2, 0.25) is 0 Å². The van der Waals surface area contributed by atoms with Crippen molar-refractivity contribution in [3.63, 3.8) is 0 Å². The van der Waals surface area contributed by atoms with Gasteiger partial charge < -0.3 is 9.64 Å². The number of nitrogens with zero attached hydrogens (tertiary/aromatic N) is 3. The largest absolute Gasteiger partial charge is 0.474 e. The molecular formula is C20H20F3N3O4S. The van der Waals surface area contributed by atoms with Gasteiger partial charge in [0.25, 0.3) is 15.9 Å². The topological polar surface area (TPSA) is 79.8 Å². The molecule has 2 aliphatic rings. The molecule has 0 N–H and O–H groups in total. The minimum absolute atomic E-state index is 0.0271. The maximum Gasteiger partial charge on any atom is 0.416 e. The van der Waals surface area contributed by atoms with Crippen molar-refractivity contribution < 1.29 is 31.1 Å². The summed E-state index contributed by atoms with van der Waals surface area (Å²) in [6, 6.07) is 4.71. The van der Waals surface area contributed by atoms with E-state index in [4.69, 9.17) is 4.74 Å². The molecule has 0 bridgehead atoms. The number of likely N-dealkylation sites (tertiary alicyclic amines) is 1. The van der Waals surface area contributed by atoms with Gasteiger partial charge in [-0.15, -0.1) is 0 Å². The monoisotopic (exact) mass is 455 g/mol. The lowest BCUT2D eigenvalue weighted by Crippen LogP contribution is -2.39. The van der Waals surface area contributed by atoms with Crippen LogP contribution in [0.3, 0.4) is 0 Å². The molecule has 0 saturated carbocycles. The van der Waals surface area contributed by atoms with Gasteiger partial charge in [0, 0.05) is 19.3 Å². The van der Waals surface area contributed by atoms with Crippen LogP contribution in [0.5, 0.6) is 5.88 Å². The molecule has 7 nitrogen and oxygen atoms in total. The Morgan fingerprint density at radius 3 is 2.35 bits per heavy atom. The van der Waals surface area contributed by atoms with Crippen molar-refractivity contribution in [1.82, 2.24) is 9.88 Å². The van der Waals surface area contributed by atoms with E-state index >= 15 is 0 Å². The summed E-state index contributed by atoms with van der Waals surface area (Å²) in [5.41, 5.74) is -0.613. The fraction of sp³-hybridized carbons (Fsp3) is 0.400. The molecule has 1 aromatic heterocycles. The van der Waals surface area contributed by atoms with Gasteiger partial charge in [0.1, 0.15) is 12.3 Å². The summed E-state index contributed by atoms with van der Waals surface area (Å²) in [7, 11) is -4.18. The molecule has 0 radical (unpaired) electrons. The molecule has 1 saturated heterocycles. The van der Waals surface area contributed by atoms with Crippen molar-refractivity contribution in [2.24, 2.45) is 0 Å². The zero-order valence-electron chi connectivity index (χ0n) is 16.4. The predicted molar refractivity (Wildman–Crippen MR) is 105 cm³/mol. The molecular weight excluding hydrogens is 435 g/mol. The number of hydrogen-bond donors (Lipinski definition) is 0. The van der Waals surface area contributed by atoms with Crippen LogP contribution in [0, 0.1) is 0 Å². The second-order valence-electron chi connectivity index (χ2n) is 7.35. The lowest BCUT2D eigenvalue weighted by Gasteiger charge is -2.31. The maximum absolute atomic E-state index is 13.2. The van der Waals surface area contributed by atoms with Gasteiger partial charge in [-0.1, -0.05) is 0 Å². The number of sulfonamides is 1. The summed E-state index contributed by atoms with van der Waals surface area (Å²) >= 11 is 0. The first-order valence-corrected chi connectivity index (χ1v) is 11.2. The number of amides is 1. The van der Waals surface area contributed by atoms with E-state index in [0.717, 1.165) is 47.8 Å². The van der Waals surface area contributed by atoms with E-state index in [-0.39, 0.29) is 41.1 Å². The average Bonchev–Trinajstić information content (AvgIpc) is 2.78. The molecule has 1 fully saturated rings. The molecule has 0 atom stereocenters. The summed E-state index contributed by atoms with van der Waals surface area (Å²) in [6.07, 6.45) is -0.353. The third-order valence-electron chi connectivity index (χ3n) is 5.29. The van der Waals surface area contributed by atoms with Crippen molar-refractivity contribution >= 4 is 21.6 Å². The average molecular weight is 455 g/mol. The number of hydrogen-bond acceptors (Lipinski definition) is 5. The number of fused-ring (bicyclic) bond motifs is 1. The molecule has 0 spiro atoms. The Balaban J connectivity index is 1.67. The van der Waals surface area contributed by atoms with Crippen LogP contribution >= 0.6 is 0 Å². The molecule has 0 unspecified atom stereocenters. The van der Waals surface area contributed by atoms with Crippen LogP contribution in [0.15, 0.2) is 41.4 Å². The van der Waals surface area contributed by atoms with Gasteiger partial charge in [0.05, 0.1) is 22.6 Å². The number of benzene rings is 1. The van der Waals surface area contributed by atoms with E-state index in [1.165, 1.54) is 12.3 Å². The summed E-state index contributed by atoms with van der Waals surface area (Å²) in [6.45, 7) is 1.22. The first kappa shape index (κ1) is 21.4. The Kier molecular flexibility index (Phi) is 5.54. The highest BCUT2D eigenvalue weighted by Crippen LogP contribution is 2.36. The number of halogens is 3.